The van der Waals surface area contributed by atoms with E-state index in [1.807, 2.05) is 12.1 Å². The predicted molar refractivity (Wildman–Crippen MR) is 67.6 cm³/mol. The van der Waals surface area contributed by atoms with E-state index in [-0.39, 0.29) is 0 Å². The maximum atomic E-state index is 5.65. The quantitative estimate of drug-likeness (QED) is 0.815. The number of hydrogen-bond acceptors (Lipinski definition) is 3. The van der Waals surface area contributed by atoms with E-state index >= 15 is 0 Å². The molecule has 0 unspecified atom stereocenters. The van der Waals surface area contributed by atoms with Crippen molar-refractivity contribution in [1.29, 1.82) is 0 Å². The molecular weight excluding hydrogens is 220 g/mol. The monoisotopic (exact) mass is 236 g/mol. The van der Waals surface area contributed by atoms with Crippen molar-refractivity contribution in [3.8, 4) is 5.88 Å². The van der Waals surface area contributed by atoms with Crippen LogP contribution in [0.15, 0.2) is 18.2 Å². The number of nitrogens with two attached hydrogens (primary N) is 1. The molecule has 0 saturated heterocycles. The highest BCUT2D eigenvalue weighted by molar-refractivity contribution is 7.80. The van der Waals surface area contributed by atoms with Crippen LogP contribution >= 0.6 is 12.2 Å². The lowest BCUT2D eigenvalue weighted by molar-refractivity contribution is 0.243. The Labute approximate surface area is 101 Å². The highest BCUT2D eigenvalue weighted by atomic mass is 32.1. The molecule has 0 radical (unpaired) electrons. The van der Waals surface area contributed by atoms with Gasteiger partial charge in [-0.3, -0.25) is 0 Å². The minimum Gasteiger partial charge on any atom is -0.477 e. The molecule has 1 fully saturated rings. The van der Waals surface area contributed by atoms with Crippen molar-refractivity contribution in [2.75, 3.05) is 6.61 Å². The second-order valence-electron chi connectivity index (χ2n) is 4.19. The van der Waals surface area contributed by atoms with Crippen molar-refractivity contribution in [1.82, 2.24) is 4.98 Å². The van der Waals surface area contributed by atoms with Gasteiger partial charge in [0.2, 0.25) is 5.88 Å². The summed E-state index contributed by atoms with van der Waals surface area (Å²) >= 11 is 4.87. The van der Waals surface area contributed by atoms with E-state index in [1.165, 1.54) is 25.7 Å². The first-order chi connectivity index (χ1) is 7.75. The Morgan fingerprint density at radius 1 is 1.44 bits per heavy atom. The summed E-state index contributed by atoms with van der Waals surface area (Å²) < 4.78 is 5.65. The standard InChI is InChI=1S/C12H16N2OS/c13-12(16)10-6-3-7-11(14-10)15-8-9-4-1-2-5-9/h3,6-7,9H,1-2,4-5,8H2,(H2,13,16). The Morgan fingerprint density at radius 2 is 2.19 bits per heavy atom. The lowest BCUT2D eigenvalue weighted by atomic mass is 10.1. The molecule has 0 spiro atoms. The molecule has 1 aliphatic carbocycles. The first kappa shape index (κ1) is 11.3. The fourth-order valence-electron chi connectivity index (χ4n) is 2.01. The summed E-state index contributed by atoms with van der Waals surface area (Å²) in [6.07, 6.45) is 5.20. The second-order valence-corrected chi connectivity index (χ2v) is 4.63. The molecule has 1 aliphatic rings. The summed E-state index contributed by atoms with van der Waals surface area (Å²) in [6.45, 7) is 0.758. The molecule has 1 aromatic heterocycles. The molecule has 0 bridgehead atoms. The Bertz CT molecular complexity index is 375. The average Bonchev–Trinajstić information content (AvgIpc) is 2.79. The van der Waals surface area contributed by atoms with Crippen molar-refractivity contribution in [2.45, 2.75) is 25.7 Å². The number of rotatable bonds is 4. The van der Waals surface area contributed by atoms with Crippen LogP contribution < -0.4 is 10.5 Å². The molecule has 1 aromatic rings. The van der Waals surface area contributed by atoms with Crippen molar-refractivity contribution in [3.05, 3.63) is 23.9 Å². The lowest BCUT2D eigenvalue weighted by Crippen LogP contribution is -2.13. The van der Waals surface area contributed by atoms with Gasteiger partial charge >= 0.3 is 0 Å². The van der Waals surface area contributed by atoms with Crippen molar-refractivity contribution >= 4 is 17.2 Å². The van der Waals surface area contributed by atoms with Gasteiger partial charge in [-0.15, -0.1) is 0 Å². The van der Waals surface area contributed by atoms with Crippen LogP contribution in [0.25, 0.3) is 0 Å². The molecule has 2 N–H and O–H groups in total. The van der Waals surface area contributed by atoms with E-state index in [1.54, 1.807) is 6.07 Å². The fraction of sp³-hybridized carbons (Fsp3) is 0.500. The molecule has 16 heavy (non-hydrogen) atoms. The van der Waals surface area contributed by atoms with E-state index in [2.05, 4.69) is 4.98 Å². The van der Waals surface area contributed by atoms with Gasteiger partial charge in [0, 0.05) is 6.07 Å². The summed E-state index contributed by atoms with van der Waals surface area (Å²) in [5.41, 5.74) is 6.14. The molecule has 3 nitrogen and oxygen atoms in total. The van der Waals surface area contributed by atoms with Gasteiger partial charge in [0.05, 0.1) is 6.61 Å². The first-order valence-corrected chi connectivity index (χ1v) is 6.06. The minimum absolute atomic E-state index is 0.311. The molecular formula is C12H16N2OS. The van der Waals surface area contributed by atoms with Gasteiger partial charge in [0.1, 0.15) is 10.7 Å². The SMILES string of the molecule is NC(=S)c1cccc(OCC2CCCC2)n1. The van der Waals surface area contributed by atoms with E-state index in [0.29, 0.717) is 22.5 Å². The fourth-order valence-corrected chi connectivity index (χ4v) is 2.13. The van der Waals surface area contributed by atoms with Gasteiger partial charge < -0.3 is 10.5 Å². The van der Waals surface area contributed by atoms with Crippen LogP contribution in [0.3, 0.4) is 0 Å². The third kappa shape index (κ3) is 2.92. The molecule has 0 atom stereocenters. The summed E-state index contributed by atoms with van der Waals surface area (Å²) in [7, 11) is 0. The predicted octanol–water partition coefficient (Wildman–Crippen LogP) is 2.28. The summed E-state index contributed by atoms with van der Waals surface area (Å²) in [5.74, 6) is 1.31. The highest BCUT2D eigenvalue weighted by Gasteiger charge is 2.15. The second kappa shape index (κ2) is 5.25. The Balaban J connectivity index is 1.93. The van der Waals surface area contributed by atoms with Gasteiger partial charge in [-0.25, -0.2) is 4.98 Å². The number of pyridine rings is 1. The number of hydrogen-bond donors (Lipinski definition) is 1. The Kier molecular flexibility index (Phi) is 3.72. The first-order valence-electron chi connectivity index (χ1n) is 5.65. The maximum Gasteiger partial charge on any atom is 0.213 e. The topological polar surface area (TPSA) is 48.1 Å². The van der Waals surface area contributed by atoms with Crippen molar-refractivity contribution < 1.29 is 4.74 Å². The summed E-state index contributed by atoms with van der Waals surface area (Å²) in [6, 6.07) is 5.51. The Morgan fingerprint density at radius 3 is 2.88 bits per heavy atom. The molecule has 4 heteroatoms. The van der Waals surface area contributed by atoms with Crippen LogP contribution in [-0.4, -0.2) is 16.6 Å². The highest BCUT2D eigenvalue weighted by Crippen LogP contribution is 2.25. The Hall–Kier alpha value is -1.16. The van der Waals surface area contributed by atoms with Gasteiger partial charge in [0.25, 0.3) is 0 Å². The third-order valence-corrected chi connectivity index (χ3v) is 3.13. The number of nitrogens with zero attached hydrogens (tertiary/aromatic N) is 1. The molecule has 2 rings (SSSR count). The third-order valence-electron chi connectivity index (χ3n) is 2.92. The van der Waals surface area contributed by atoms with E-state index < -0.39 is 0 Å². The zero-order chi connectivity index (χ0) is 11.4. The van der Waals surface area contributed by atoms with E-state index in [9.17, 15) is 0 Å². The lowest BCUT2D eigenvalue weighted by Gasteiger charge is -2.10. The summed E-state index contributed by atoms with van der Waals surface area (Å²) in [4.78, 5) is 4.56. The van der Waals surface area contributed by atoms with E-state index in [0.717, 1.165) is 6.61 Å². The van der Waals surface area contributed by atoms with Gasteiger partial charge in [-0.2, -0.15) is 0 Å². The zero-order valence-corrected chi connectivity index (χ0v) is 10.0. The van der Waals surface area contributed by atoms with Crippen LogP contribution in [0.4, 0.5) is 0 Å². The average molecular weight is 236 g/mol. The van der Waals surface area contributed by atoms with Crippen LogP contribution in [-0.2, 0) is 0 Å². The van der Waals surface area contributed by atoms with Crippen LogP contribution in [0.1, 0.15) is 31.4 Å². The smallest absolute Gasteiger partial charge is 0.213 e. The van der Waals surface area contributed by atoms with Crippen molar-refractivity contribution in [2.24, 2.45) is 11.7 Å². The van der Waals surface area contributed by atoms with Gasteiger partial charge in [-0.05, 0) is 24.8 Å². The van der Waals surface area contributed by atoms with E-state index in [4.69, 9.17) is 22.7 Å². The molecule has 0 aromatic carbocycles. The van der Waals surface area contributed by atoms with Crippen LogP contribution in [0.2, 0.25) is 0 Å². The molecule has 0 aliphatic heterocycles. The number of aromatic nitrogens is 1. The number of ether oxygens (including phenoxy) is 1. The minimum atomic E-state index is 0.311. The molecule has 86 valence electrons. The normalized spacial score (nSPS) is 16.2. The molecule has 1 heterocycles. The zero-order valence-electron chi connectivity index (χ0n) is 9.19. The van der Waals surface area contributed by atoms with Gasteiger partial charge in [-0.1, -0.05) is 31.1 Å². The molecule has 0 amide bonds. The summed E-state index contributed by atoms with van der Waals surface area (Å²) in [5, 5.41) is 0. The molecule has 1 saturated carbocycles. The van der Waals surface area contributed by atoms with Crippen LogP contribution in [0.5, 0.6) is 5.88 Å². The number of thiocarbonyl (C=S) groups is 1. The largest absolute Gasteiger partial charge is 0.477 e. The van der Waals surface area contributed by atoms with Crippen LogP contribution in [0, 0.1) is 5.92 Å². The van der Waals surface area contributed by atoms with Crippen molar-refractivity contribution in [3.63, 3.8) is 0 Å². The maximum absolute atomic E-state index is 5.65. The van der Waals surface area contributed by atoms with Gasteiger partial charge in [0.15, 0.2) is 0 Å².